The summed E-state index contributed by atoms with van der Waals surface area (Å²) in [7, 11) is 0. The van der Waals surface area contributed by atoms with Crippen LogP contribution in [0.1, 0.15) is 37.6 Å². The van der Waals surface area contributed by atoms with Crippen LogP contribution in [0, 0.1) is 5.92 Å². The first-order valence-corrected chi connectivity index (χ1v) is 6.67. The van der Waals surface area contributed by atoms with Crippen LogP contribution >= 0.6 is 0 Å². The molecule has 6 heteroatoms. The van der Waals surface area contributed by atoms with Crippen molar-refractivity contribution in [2.75, 3.05) is 0 Å². The fourth-order valence-electron chi connectivity index (χ4n) is 1.77. The predicted octanol–water partition coefficient (Wildman–Crippen LogP) is 1.84. The number of rotatable bonds is 6. The Morgan fingerprint density at radius 1 is 1.33 bits per heavy atom. The largest absolute Gasteiger partial charge is 0.480 e. The highest BCUT2D eigenvalue weighted by atomic mass is 16.5. The van der Waals surface area contributed by atoms with Gasteiger partial charge in [-0.25, -0.2) is 4.79 Å². The number of carboxylic acids is 1. The lowest BCUT2D eigenvalue weighted by atomic mass is 9.99. The van der Waals surface area contributed by atoms with Crippen molar-refractivity contribution in [2.45, 2.75) is 33.2 Å². The van der Waals surface area contributed by atoms with Gasteiger partial charge in [-0.1, -0.05) is 26.3 Å². The van der Waals surface area contributed by atoms with Gasteiger partial charge in [0.25, 0.3) is 5.91 Å². The molecular weight excluding hydrogens is 274 g/mol. The maximum Gasteiger partial charge on any atom is 0.326 e. The second kappa shape index (κ2) is 7.42. The number of hydrogen-bond acceptors (Lipinski definition) is 4. The summed E-state index contributed by atoms with van der Waals surface area (Å²) in [5.41, 5.74) is 0.239. The molecule has 1 aromatic rings. The maximum atomic E-state index is 12.1. The third-order valence-electron chi connectivity index (χ3n) is 3.12. The van der Waals surface area contributed by atoms with E-state index in [4.69, 9.17) is 9.84 Å². The standard InChI is InChI=1S/C15H19NO5/c1-4-9(2)13(15(19)20)16-14(18)11-6-5-7-12(8-11)21-10(3)17/h5-9,13H,4H2,1-3H3,(H,16,18)(H,19,20)/t9-,13-/m0/s1. The molecule has 0 aliphatic rings. The molecular formula is C15H19NO5. The van der Waals surface area contributed by atoms with Crippen LogP contribution in [0.5, 0.6) is 5.75 Å². The average molecular weight is 293 g/mol. The summed E-state index contributed by atoms with van der Waals surface area (Å²) >= 11 is 0. The van der Waals surface area contributed by atoms with E-state index in [9.17, 15) is 14.4 Å². The van der Waals surface area contributed by atoms with Crippen LogP contribution in [0.4, 0.5) is 0 Å². The van der Waals surface area contributed by atoms with Crippen LogP contribution in [-0.4, -0.2) is 29.0 Å². The lowest BCUT2D eigenvalue weighted by Crippen LogP contribution is -2.45. The van der Waals surface area contributed by atoms with Crippen molar-refractivity contribution in [3.05, 3.63) is 29.8 Å². The molecule has 2 N–H and O–H groups in total. The van der Waals surface area contributed by atoms with E-state index in [1.54, 1.807) is 19.1 Å². The van der Waals surface area contributed by atoms with E-state index in [1.165, 1.54) is 19.1 Å². The Hall–Kier alpha value is -2.37. The number of amides is 1. The van der Waals surface area contributed by atoms with Gasteiger partial charge in [-0.3, -0.25) is 9.59 Å². The number of esters is 1. The summed E-state index contributed by atoms with van der Waals surface area (Å²) in [6.45, 7) is 4.87. The third kappa shape index (κ3) is 4.91. The number of carbonyl (C=O) groups excluding carboxylic acids is 2. The molecule has 0 radical (unpaired) electrons. The summed E-state index contributed by atoms with van der Waals surface area (Å²) in [6, 6.07) is 5.07. The van der Waals surface area contributed by atoms with Gasteiger partial charge in [0.1, 0.15) is 11.8 Å². The van der Waals surface area contributed by atoms with Crippen LogP contribution in [-0.2, 0) is 9.59 Å². The Balaban J connectivity index is 2.87. The molecule has 0 aromatic heterocycles. The number of benzene rings is 1. The normalized spacial score (nSPS) is 13.1. The van der Waals surface area contributed by atoms with Crippen molar-refractivity contribution in [1.82, 2.24) is 5.32 Å². The highest BCUT2D eigenvalue weighted by Crippen LogP contribution is 2.15. The second-order valence-electron chi connectivity index (χ2n) is 4.80. The van der Waals surface area contributed by atoms with Crippen LogP contribution in [0.15, 0.2) is 24.3 Å². The molecule has 0 bridgehead atoms. The van der Waals surface area contributed by atoms with Crippen LogP contribution in [0.2, 0.25) is 0 Å². The van der Waals surface area contributed by atoms with Crippen LogP contribution in [0.3, 0.4) is 0 Å². The summed E-state index contributed by atoms with van der Waals surface area (Å²) < 4.78 is 4.89. The van der Waals surface area contributed by atoms with Crippen LogP contribution < -0.4 is 10.1 Å². The summed E-state index contributed by atoms with van der Waals surface area (Å²) in [5, 5.41) is 11.6. The van der Waals surface area contributed by atoms with Gasteiger partial charge >= 0.3 is 11.9 Å². The van der Waals surface area contributed by atoms with Crippen molar-refractivity contribution >= 4 is 17.8 Å². The first-order chi connectivity index (χ1) is 9.85. The molecule has 0 saturated carbocycles. The molecule has 2 atom stereocenters. The molecule has 0 heterocycles. The number of carboxylic acid groups (broad SMARTS) is 1. The van der Waals surface area contributed by atoms with E-state index in [1.807, 2.05) is 6.92 Å². The quantitative estimate of drug-likeness (QED) is 0.616. The molecule has 0 unspecified atom stereocenters. The molecule has 0 saturated heterocycles. The number of carbonyl (C=O) groups is 3. The molecule has 1 amide bonds. The van der Waals surface area contributed by atoms with E-state index < -0.39 is 23.9 Å². The van der Waals surface area contributed by atoms with Crippen molar-refractivity contribution in [1.29, 1.82) is 0 Å². The minimum atomic E-state index is -1.08. The van der Waals surface area contributed by atoms with Crippen molar-refractivity contribution in [2.24, 2.45) is 5.92 Å². The number of hydrogen-bond donors (Lipinski definition) is 2. The number of aliphatic carboxylic acids is 1. The Labute approximate surface area is 123 Å². The smallest absolute Gasteiger partial charge is 0.326 e. The van der Waals surface area contributed by atoms with Gasteiger partial charge in [0.2, 0.25) is 0 Å². The van der Waals surface area contributed by atoms with Gasteiger partial charge in [0, 0.05) is 12.5 Å². The van der Waals surface area contributed by atoms with E-state index in [-0.39, 0.29) is 17.2 Å². The fourth-order valence-corrected chi connectivity index (χ4v) is 1.77. The average Bonchev–Trinajstić information content (AvgIpc) is 2.42. The van der Waals surface area contributed by atoms with Gasteiger partial charge in [-0.2, -0.15) is 0 Å². The van der Waals surface area contributed by atoms with Gasteiger partial charge in [-0.05, 0) is 24.1 Å². The zero-order chi connectivity index (χ0) is 16.0. The molecule has 1 rings (SSSR count). The maximum absolute atomic E-state index is 12.1. The van der Waals surface area contributed by atoms with E-state index in [2.05, 4.69) is 5.32 Å². The van der Waals surface area contributed by atoms with Gasteiger partial charge in [-0.15, -0.1) is 0 Å². The highest BCUT2D eigenvalue weighted by Gasteiger charge is 2.25. The van der Waals surface area contributed by atoms with E-state index in [0.717, 1.165) is 0 Å². The monoisotopic (exact) mass is 293 g/mol. The Morgan fingerprint density at radius 2 is 2.00 bits per heavy atom. The summed E-state index contributed by atoms with van der Waals surface area (Å²) in [6.07, 6.45) is 0.630. The minimum absolute atomic E-state index is 0.192. The second-order valence-corrected chi connectivity index (χ2v) is 4.80. The van der Waals surface area contributed by atoms with Gasteiger partial charge in [0.05, 0.1) is 0 Å². The highest BCUT2D eigenvalue weighted by molar-refractivity contribution is 5.97. The molecule has 21 heavy (non-hydrogen) atoms. The Morgan fingerprint density at radius 3 is 2.52 bits per heavy atom. The fraction of sp³-hybridized carbons (Fsp3) is 0.400. The van der Waals surface area contributed by atoms with Crippen LogP contribution in [0.25, 0.3) is 0 Å². The van der Waals surface area contributed by atoms with Crippen molar-refractivity contribution in [3.8, 4) is 5.75 Å². The number of nitrogens with one attached hydrogen (secondary N) is 1. The predicted molar refractivity (Wildman–Crippen MR) is 76.1 cm³/mol. The lowest BCUT2D eigenvalue weighted by molar-refractivity contribution is -0.140. The van der Waals surface area contributed by atoms with Gasteiger partial charge < -0.3 is 15.2 Å². The lowest BCUT2D eigenvalue weighted by Gasteiger charge is -2.20. The van der Waals surface area contributed by atoms with Crippen molar-refractivity contribution in [3.63, 3.8) is 0 Å². The SMILES string of the molecule is CC[C@H](C)[C@H](NC(=O)c1cccc(OC(C)=O)c1)C(=O)O. The van der Waals surface area contributed by atoms with Gasteiger partial charge in [0.15, 0.2) is 0 Å². The molecule has 0 spiro atoms. The zero-order valence-corrected chi connectivity index (χ0v) is 12.3. The van der Waals surface area contributed by atoms with E-state index in [0.29, 0.717) is 6.42 Å². The number of ether oxygens (including phenoxy) is 1. The molecule has 0 aliphatic heterocycles. The Bertz CT molecular complexity index is 541. The molecule has 0 aliphatic carbocycles. The first kappa shape index (κ1) is 16.7. The first-order valence-electron chi connectivity index (χ1n) is 6.67. The zero-order valence-electron chi connectivity index (χ0n) is 12.3. The topological polar surface area (TPSA) is 92.7 Å². The van der Waals surface area contributed by atoms with Crippen molar-refractivity contribution < 1.29 is 24.2 Å². The molecule has 114 valence electrons. The minimum Gasteiger partial charge on any atom is -0.480 e. The summed E-state index contributed by atoms with van der Waals surface area (Å²) in [5.74, 6) is -2.03. The Kier molecular flexibility index (Phi) is 5.90. The molecule has 6 nitrogen and oxygen atoms in total. The molecule has 0 fully saturated rings. The third-order valence-corrected chi connectivity index (χ3v) is 3.12. The molecule has 1 aromatic carbocycles. The van der Waals surface area contributed by atoms with E-state index >= 15 is 0 Å². The summed E-state index contributed by atoms with van der Waals surface area (Å²) in [4.78, 5) is 34.2.